The standard InChI is InChI=1S/C19H18N2O2/c1-19(2,20)14-6-3-12(4-7-14)15-8-5-13-11-21-10-9-16(13)17(15)18(22)23/h3-11H,20H2,1-2H3,(H,22,23). The van der Waals surface area contributed by atoms with E-state index >= 15 is 0 Å². The summed E-state index contributed by atoms with van der Waals surface area (Å²) in [6.07, 6.45) is 3.28. The minimum absolute atomic E-state index is 0.296. The van der Waals surface area contributed by atoms with Crippen LogP contribution in [0.4, 0.5) is 0 Å². The molecule has 0 aliphatic carbocycles. The molecule has 4 nitrogen and oxygen atoms in total. The number of hydrogen-bond acceptors (Lipinski definition) is 3. The summed E-state index contributed by atoms with van der Waals surface area (Å²) < 4.78 is 0. The molecule has 3 N–H and O–H groups in total. The maximum atomic E-state index is 11.8. The molecule has 1 heterocycles. The van der Waals surface area contributed by atoms with Gasteiger partial charge in [-0.3, -0.25) is 4.98 Å². The van der Waals surface area contributed by atoms with Gasteiger partial charge in [-0.15, -0.1) is 0 Å². The number of fused-ring (bicyclic) bond motifs is 1. The third-order valence-corrected chi connectivity index (χ3v) is 3.97. The minimum Gasteiger partial charge on any atom is -0.478 e. The van der Waals surface area contributed by atoms with Crippen molar-refractivity contribution in [2.45, 2.75) is 19.4 Å². The fourth-order valence-corrected chi connectivity index (χ4v) is 2.72. The summed E-state index contributed by atoms with van der Waals surface area (Å²) in [5.41, 5.74) is 8.52. The molecule has 0 radical (unpaired) electrons. The lowest BCUT2D eigenvalue weighted by Gasteiger charge is -2.19. The summed E-state index contributed by atoms with van der Waals surface area (Å²) in [6, 6.07) is 13.2. The van der Waals surface area contributed by atoms with Crippen LogP contribution in [-0.2, 0) is 5.54 Å². The first kappa shape index (κ1) is 15.2. The number of carboxylic acid groups (broad SMARTS) is 1. The second kappa shape index (κ2) is 5.48. The highest BCUT2D eigenvalue weighted by Gasteiger charge is 2.17. The number of carbonyl (C=O) groups is 1. The van der Waals surface area contributed by atoms with Gasteiger partial charge in [-0.1, -0.05) is 36.4 Å². The summed E-state index contributed by atoms with van der Waals surface area (Å²) in [5.74, 6) is -0.944. The van der Waals surface area contributed by atoms with Crippen molar-refractivity contribution in [1.82, 2.24) is 4.98 Å². The Balaban J connectivity index is 2.20. The third-order valence-electron chi connectivity index (χ3n) is 3.97. The molecule has 0 spiro atoms. The van der Waals surface area contributed by atoms with E-state index in [9.17, 15) is 9.90 Å². The predicted molar refractivity (Wildman–Crippen MR) is 91.4 cm³/mol. The number of benzene rings is 2. The Morgan fingerprint density at radius 3 is 2.39 bits per heavy atom. The van der Waals surface area contributed by atoms with Crippen molar-refractivity contribution in [3.63, 3.8) is 0 Å². The molecule has 23 heavy (non-hydrogen) atoms. The largest absolute Gasteiger partial charge is 0.478 e. The predicted octanol–water partition coefficient (Wildman–Crippen LogP) is 3.79. The van der Waals surface area contributed by atoms with Crippen LogP contribution >= 0.6 is 0 Å². The number of nitrogens with two attached hydrogens (primary N) is 1. The van der Waals surface area contributed by atoms with Crippen LogP contribution in [0.25, 0.3) is 21.9 Å². The van der Waals surface area contributed by atoms with E-state index in [1.807, 2.05) is 50.2 Å². The molecule has 0 unspecified atom stereocenters. The molecule has 116 valence electrons. The first-order chi connectivity index (χ1) is 10.9. The van der Waals surface area contributed by atoms with Gasteiger partial charge in [-0.2, -0.15) is 0 Å². The van der Waals surface area contributed by atoms with Crippen molar-refractivity contribution in [3.8, 4) is 11.1 Å². The van der Waals surface area contributed by atoms with Gasteiger partial charge in [-0.25, -0.2) is 4.79 Å². The number of carboxylic acids is 1. The molecular weight excluding hydrogens is 288 g/mol. The summed E-state index contributed by atoms with van der Waals surface area (Å²) >= 11 is 0. The van der Waals surface area contributed by atoms with Crippen LogP contribution < -0.4 is 5.73 Å². The average Bonchev–Trinajstić information content (AvgIpc) is 2.53. The van der Waals surface area contributed by atoms with E-state index in [4.69, 9.17) is 5.73 Å². The lowest BCUT2D eigenvalue weighted by Crippen LogP contribution is -2.28. The van der Waals surface area contributed by atoms with Gasteiger partial charge < -0.3 is 10.8 Å². The van der Waals surface area contributed by atoms with Gasteiger partial charge in [0.2, 0.25) is 0 Å². The van der Waals surface area contributed by atoms with Gasteiger partial charge in [-0.05, 0) is 42.0 Å². The van der Waals surface area contributed by atoms with E-state index < -0.39 is 11.5 Å². The van der Waals surface area contributed by atoms with E-state index in [1.165, 1.54) is 0 Å². The summed E-state index contributed by atoms with van der Waals surface area (Å²) in [7, 11) is 0. The second-order valence-electron chi connectivity index (χ2n) is 6.19. The van der Waals surface area contributed by atoms with Gasteiger partial charge in [0.15, 0.2) is 0 Å². The Morgan fingerprint density at radius 2 is 1.78 bits per heavy atom. The lowest BCUT2D eigenvalue weighted by atomic mass is 9.91. The van der Waals surface area contributed by atoms with Crippen molar-refractivity contribution >= 4 is 16.7 Å². The van der Waals surface area contributed by atoms with Crippen molar-refractivity contribution in [3.05, 3.63) is 66.0 Å². The SMILES string of the molecule is CC(C)(N)c1ccc(-c2ccc3cnccc3c2C(=O)O)cc1. The molecule has 4 heteroatoms. The first-order valence-corrected chi connectivity index (χ1v) is 7.38. The highest BCUT2D eigenvalue weighted by molar-refractivity contribution is 6.09. The molecule has 0 saturated heterocycles. The molecule has 0 saturated carbocycles. The van der Waals surface area contributed by atoms with Crippen LogP contribution in [0.5, 0.6) is 0 Å². The molecule has 2 aromatic carbocycles. The number of hydrogen-bond donors (Lipinski definition) is 2. The first-order valence-electron chi connectivity index (χ1n) is 7.38. The highest BCUT2D eigenvalue weighted by Crippen LogP contribution is 2.31. The van der Waals surface area contributed by atoms with Crippen LogP contribution in [0.1, 0.15) is 29.8 Å². The van der Waals surface area contributed by atoms with Gasteiger partial charge in [0.25, 0.3) is 0 Å². The molecule has 1 aromatic heterocycles. The zero-order valence-corrected chi connectivity index (χ0v) is 13.1. The van der Waals surface area contributed by atoms with Crippen LogP contribution in [0.2, 0.25) is 0 Å². The number of nitrogens with zero attached hydrogens (tertiary/aromatic N) is 1. The van der Waals surface area contributed by atoms with Gasteiger partial charge >= 0.3 is 5.97 Å². The zero-order valence-electron chi connectivity index (χ0n) is 13.1. The van der Waals surface area contributed by atoms with Crippen molar-refractivity contribution in [2.75, 3.05) is 0 Å². The second-order valence-corrected chi connectivity index (χ2v) is 6.19. The Hall–Kier alpha value is -2.72. The Kier molecular flexibility index (Phi) is 3.62. The molecule has 0 atom stereocenters. The van der Waals surface area contributed by atoms with E-state index in [0.717, 1.165) is 16.5 Å². The molecule has 3 rings (SSSR count). The fourth-order valence-electron chi connectivity index (χ4n) is 2.72. The maximum absolute atomic E-state index is 11.8. The van der Waals surface area contributed by atoms with E-state index in [0.29, 0.717) is 16.5 Å². The molecule has 3 aromatic rings. The summed E-state index contributed by atoms with van der Waals surface area (Å²) in [5, 5.41) is 11.2. The van der Waals surface area contributed by atoms with E-state index in [1.54, 1.807) is 18.5 Å². The minimum atomic E-state index is -0.944. The number of aromatic nitrogens is 1. The Morgan fingerprint density at radius 1 is 1.09 bits per heavy atom. The quantitative estimate of drug-likeness (QED) is 0.772. The van der Waals surface area contributed by atoms with Crippen molar-refractivity contribution in [2.24, 2.45) is 5.73 Å². The van der Waals surface area contributed by atoms with E-state index in [-0.39, 0.29) is 0 Å². The molecule has 0 fully saturated rings. The normalized spacial score (nSPS) is 11.6. The van der Waals surface area contributed by atoms with Gasteiger partial charge in [0, 0.05) is 23.3 Å². The third kappa shape index (κ3) is 2.81. The molecule has 0 aliphatic rings. The van der Waals surface area contributed by atoms with Crippen LogP contribution in [0.15, 0.2) is 54.9 Å². The molecular formula is C19H18N2O2. The Labute approximate surface area is 134 Å². The number of aromatic carboxylic acids is 1. The zero-order chi connectivity index (χ0) is 16.6. The summed E-state index contributed by atoms with van der Waals surface area (Å²) in [4.78, 5) is 15.8. The Bertz CT molecular complexity index is 878. The van der Waals surface area contributed by atoms with Crippen molar-refractivity contribution < 1.29 is 9.90 Å². The molecule has 0 amide bonds. The molecule has 0 bridgehead atoms. The van der Waals surface area contributed by atoms with Crippen LogP contribution in [0.3, 0.4) is 0 Å². The summed E-state index contributed by atoms with van der Waals surface area (Å²) in [6.45, 7) is 3.88. The monoisotopic (exact) mass is 306 g/mol. The van der Waals surface area contributed by atoms with Gasteiger partial charge in [0.05, 0.1) is 5.56 Å². The van der Waals surface area contributed by atoms with Crippen LogP contribution in [0, 0.1) is 0 Å². The fraction of sp³-hybridized carbons (Fsp3) is 0.158. The molecule has 0 aliphatic heterocycles. The maximum Gasteiger partial charge on any atom is 0.336 e. The number of rotatable bonds is 3. The smallest absolute Gasteiger partial charge is 0.336 e. The van der Waals surface area contributed by atoms with Gasteiger partial charge in [0.1, 0.15) is 0 Å². The highest BCUT2D eigenvalue weighted by atomic mass is 16.4. The average molecular weight is 306 g/mol. The van der Waals surface area contributed by atoms with E-state index in [2.05, 4.69) is 4.98 Å². The van der Waals surface area contributed by atoms with Crippen LogP contribution in [-0.4, -0.2) is 16.1 Å². The van der Waals surface area contributed by atoms with Crippen molar-refractivity contribution in [1.29, 1.82) is 0 Å². The number of pyridine rings is 1. The lowest BCUT2D eigenvalue weighted by molar-refractivity contribution is 0.0700. The topological polar surface area (TPSA) is 76.2 Å².